The van der Waals surface area contributed by atoms with Gasteiger partial charge in [-0.25, -0.2) is 10.1 Å². The van der Waals surface area contributed by atoms with E-state index in [2.05, 4.69) is 20.8 Å². The predicted molar refractivity (Wildman–Crippen MR) is 84.7 cm³/mol. The van der Waals surface area contributed by atoms with E-state index < -0.39 is 17.6 Å². The van der Waals surface area contributed by atoms with Crippen LogP contribution in [0.25, 0.3) is 11.0 Å². The highest BCUT2D eigenvalue weighted by atomic mass is 19.4. The average molecular weight is 347 g/mol. The predicted octanol–water partition coefficient (Wildman–Crippen LogP) is 2.60. The minimum atomic E-state index is -4.49. The summed E-state index contributed by atoms with van der Waals surface area (Å²) in [6, 6.07) is 12.0. The highest BCUT2D eigenvalue weighted by molar-refractivity contribution is 5.84. The molecule has 1 aromatic heterocycles. The second kappa shape index (κ2) is 6.71. The molecule has 3 aromatic rings. The van der Waals surface area contributed by atoms with E-state index in [0.717, 1.165) is 12.3 Å². The van der Waals surface area contributed by atoms with Crippen LogP contribution < -0.4 is 5.43 Å². The Hall–Kier alpha value is -3.23. The van der Waals surface area contributed by atoms with Crippen molar-refractivity contribution in [1.82, 2.24) is 20.4 Å². The first kappa shape index (κ1) is 16.6. The number of nitrogens with zero attached hydrogens (tertiary/aromatic N) is 4. The first-order chi connectivity index (χ1) is 11.9. The maximum absolute atomic E-state index is 12.9. The zero-order valence-corrected chi connectivity index (χ0v) is 12.7. The average Bonchev–Trinajstić information content (AvgIpc) is 2.97. The zero-order valence-electron chi connectivity index (χ0n) is 12.7. The molecular weight excluding hydrogens is 335 g/mol. The molecule has 0 fully saturated rings. The van der Waals surface area contributed by atoms with E-state index in [1.807, 2.05) is 0 Å². The molecule has 0 aliphatic carbocycles. The third kappa shape index (κ3) is 3.82. The van der Waals surface area contributed by atoms with Crippen LogP contribution >= 0.6 is 0 Å². The van der Waals surface area contributed by atoms with Crippen LogP contribution in [0.4, 0.5) is 13.2 Å². The molecule has 0 saturated heterocycles. The van der Waals surface area contributed by atoms with Gasteiger partial charge in [-0.05, 0) is 18.2 Å². The SMILES string of the molecule is O=C(Cn1nnc2ccccc21)NN=Cc1ccccc1C(F)(F)F. The molecule has 0 bridgehead atoms. The molecule has 0 unspecified atom stereocenters. The van der Waals surface area contributed by atoms with Crippen LogP contribution in [0.3, 0.4) is 0 Å². The molecule has 1 heterocycles. The van der Waals surface area contributed by atoms with Crippen LogP contribution in [-0.2, 0) is 17.5 Å². The molecule has 2 aromatic carbocycles. The van der Waals surface area contributed by atoms with Crippen molar-refractivity contribution in [3.05, 3.63) is 59.7 Å². The summed E-state index contributed by atoms with van der Waals surface area (Å²) < 4.78 is 40.0. The van der Waals surface area contributed by atoms with Crippen LogP contribution in [0.15, 0.2) is 53.6 Å². The number of aromatic nitrogens is 3. The van der Waals surface area contributed by atoms with Crippen LogP contribution in [0.5, 0.6) is 0 Å². The second-order valence-electron chi connectivity index (χ2n) is 5.11. The van der Waals surface area contributed by atoms with Gasteiger partial charge in [0.1, 0.15) is 12.1 Å². The Balaban J connectivity index is 1.68. The number of hydrazone groups is 1. The number of carbonyl (C=O) groups is 1. The van der Waals surface area contributed by atoms with Crippen molar-refractivity contribution in [2.45, 2.75) is 12.7 Å². The first-order valence-corrected chi connectivity index (χ1v) is 7.21. The minimum Gasteiger partial charge on any atom is -0.271 e. The van der Waals surface area contributed by atoms with Crippen molar-refractivity contribution in [3.63, 3.8) is 0 Å². The summed E-state index contributed by atoms with van der Waals surface area (Å²) in [4.78, 5) is 11.9. The van der Waals surface area contributed by atoms with Crippen molar-refractivity contribution in [2.24, 2.45) is 5.10 Å². The molecule has 0 aliphatic rings. The van der Waals surface area contributed by atoms with Gasteiger partial charge in [-0.3, -0.25) is 4.79 Å². The van der Waals surface area contributed by atoms with E-state index in [1.165, 1.54) is 22.9 Å². The molecule has 1 N–H and O–H groups in total. The van der Waals surface area contributed by atoms with E-state index in [4.69, 9.17) is 0 Å². The summed E-state index contributed by atoms with van der Waals surface area (Å²) in [5.41, 5.74) is 2.53. The second-order valence-corrected chi connectivity index (χ2v) is 5.11. The van der Waals surface area contributed by atoms with Gasteiger partial charge in [0.15, 0.2) is 0 Å². The lowest BCUT2D eigenvalue weighted by atomic mass is 10.1. The molecule has 25 heavy (non-hydrogen) atoms. The molecule has 0 radical (unpaired) electrons. The molecule has 1 amide bonds. The van der Waals surface area contributed by atoms with Gasteiger partial charge in [0.05, 0.1) is 17.3 Å². The van der Waals surface area contributed by atoms with Crippen LogP contribution in [-0.4, -0.2) is 27.1 Å². The molecular formula is C16H12F3N5O. The van der Waals surface area contributed by atoms with E-state index in [0.29, 0.717) is 11.0 Å². The summed E-state index contributed by atoms with van der Waals surface area (Å²) in [5.74, 6) is -0.531. The van der Waals surface area contributed by atoms with E-state index >= 15 is 0 Å². The summed E-state index contributed by atoms with van der Waals surface area (Å²) in [6.07, 6.45) is -3.54. The van der Waals surface area contributed by atoms with Gasteiger partial charge < -0.3 is 0 Å². The smallest absolute Gasteiger partial charge is 0.271 e. The third-order valence-corrected chi connectivity index (χ3v) is 3.37. The number of alkyl halides is 3. The highest BCUT2D eigenvalue weighted by Crippen LogP contribution is 2.30. The quantitative estimate of drug-likeness (QED) is 0.582. The lowest BCUT2D eigenvalue weighted by molar-refractivity contribution is -0.137. The molecule has 6 nitrogen and oxygen atoms in total. The molecule has 0 saturated carbocycles. The number of benzene rings is 2. The number of amides is 1. The van der Waals surface area contributed by atoms with Gasteiger partial charge in [-0.15, -0.1) is 5.10 Å². The van der Waals surface area contributed by atoms with E-state index in [-0.39, 0.29) is 12.1 Å². The molecule has 0 spiro atoms. The van der Waals surface area contributed by atoms with E-state index in [1.54, 1.807) is 24.3 Å². The Morgan fingerprint density at radius 2 is 1.88 bits per heavy atom. The topological polar surface area (TPSA) is 72.2 Å². The van der Waals surface area contributed by atoms with Gasteiger partial charge in [0.2, 0.25) is 0 Å². The van der Waals surface area contributed by atoms with Crippen LogP contribution in [0.2, 0.25) is 0 Å². The van der Waals surface area contributed by atoms with Crippen LogP contribution in [0.1, 0.15) is 11.1 Å². The largest absolute Gasteiger partial charge is 0.417 e. The fraction of sp³-hybridized carbons (Fsp3) is 0.125. The number of para-hydroxylation sites is 1. The van der Waals surface area contributed by atoms with Gasteiger partial charge >= 0.3 is 6.18 Å². The van der Waals surface area contributed by atoms with Gasteiger partial charge in [-0.1, -0.05) is 35.5 Å². The van der Waals surface area contributed by atoms with Crippen molar-refractivity contribution < 1.29 is 18.0 Å². The summed E-state index contributed by atoms with van der Waals surface area (Å²) in [6.45, 7) is -0.154. The maximum atomic E-state index is 12.9. The van der Waals surface area contributed by atoms with Crippen LogP contribution in [0, 0.1) is 0 Å². The van der Waals surface area contributed by atoms with Crippen molar-refractivity contribution in [3.8, 4) is 0 Å². The standard InChI is InChI=1S/C16H12F3N5O/c17-16(18,19)12-6-2-1-5-11(12)9-20-22-15(25)10-24-14-8-4-3-7-13(14)21-23-24/h1-9H,10H2,(H,22,25). The molecule has 9 heteroatoms. The highest BCUT2D eigenvalue weighted by Gasteiger charge is 2.32. The van der Waals surface area contributed by atoms with Gasteiger partial charge in [0.25, 0.3) is 5.91 Å². The Bertz CT molecular complexity index is 933. The van der Waals surface area contributed by atoms with Gasteiger partial charge in [-0.2, -0.15) is 18.3 Å². The minimum absolute atomic E-state index is 0.137. The van der Waals surface area contributed by atoms with Crippen molar-refractivity contribution >= 4 is 23.2 Å². The normalized spacial score (nSPS) is 12.0. The Labute approximate surface area is 139 Å². The number of hydrogen-bond acceptors (Lipinski definition) is 4. The van der Waals surface area contributed by atoms with Crippen molar-refractivity contribution in [2.75, 3.05) is 0 Å². The Morgan fingerprint density at radius 3 is 2.68 bits per heavy atom. The summed E-state index contributed by atoms with van der Waals surface area (Å²) >= 11 is 0. The number of fused-ring (bicyclic) bond motifs is 1. The fourth-order valence-electron chi connectivity index (χ4n) is 2.25. The number of carbonyl (C=O) groups excluding carboxylic acids is 1. The number of nitrogens with one attached hydrogen (secondary N) is 1. The number of halogens is 3. The number of rotatable bonds is 4. The van der Waals surface area contributed by atoms with Crippen molar-refractivity contribution in [1.29, 1.82) is 0 Å². The lowest BCUT2D eigenvalue weighted by Crippen LogP contribution is -2.24. The zero-order chi connectivity index (χ0) is 17.9. The Morgan fingerprint density at radius 1 is 1.16 bits per heavy atom. The summed E-state index contributed by atoms with van der Waals surface area (Å²) in [7, 11) is 0. The number of hydrogen-bond donors (Lipinski definition) is 1. The molecule has 0 atom stereocenters. The summed E-state index contributed by atoms with van der Waals surface area (Å²) in [5, 5.41) is 11.4. The third-order valence-electron chi connectivity index (χ3n) is 3.37. The first-order valence-electron chi connectivity index (χ1n) is 7.21. The Kier molecular flexibility index (Phi) is 4.46. The molecule has 3 rings (SSSR count). The monoisotopic (exact) mass is 347 g/mol. The fourth-order valence-corrected chi connectivity index (χ4v) is 2.25. The van der Waals surface area contributed by atoms with Gasteiger partial charge in [0, 0.05) is 5.56 Å². The lowest BCUT2D eigenvalue weighted by Gasteiger charge is -2.09. The molecule has 0 aliphatic heterocycles. The van der Waals surface area contributed by atoms with E-state index in [9.17, 15) is 18.0 Å². The molecule has 128 valence electrons. The maximum Gasteiger partial charge on any atom is 0.417 e.